The minimum atomic E-state index is -4.74. The van der Waals surface area contributed by atoms with E-state index in [1.807, 2.05) is 6.92 Å². The van der Waals surface area contributed by atoms with Gasteiger partial charge in [-0.2, -0.15) is 13.2 Å². The van der Waals surface area contributed by atoms with Crippen LogP contribution >= 0.6 is 11.3 Å². The molecule has 2 unspecified atom stereocenters. The molecule has 34 heavy (non-hydrogen) atoms. The van der Waals surface area contributed by atoms with Crippen LogP contribution in [0, 0.1) is 0 Å². The minimum absolute atomic E-state index is 0.0445. The summed E-state index contributed by atoms with van der Waals surface area (Å²) >= 11 is 0.496. The number of fused-ring (bicyclic) bond motifs is 2. The Labute approximate surface area is 198 Å². The molecule has 0 radical (unpaired) electrons. The molecule has 1 fully saturated rings. The number of thiophene rings is 1. The van der Waals surface area contributed by atoms with Gasteiger partial charge in [-0.25, -0.2) is 13.2 Å². The monoisotopic (exact) mass is 522 g/mol. The van der Waals surface area contributed by atoms with Crippen LogP contribution in [0.2, 0.25) is 0 Å². The number of aryl methyl sites for hydroxylation is 1. The van der Waals surface area contributed by atoms with Gasteiger partial charge in [0.1, 0.15) is 20.3 Å². The van der Waals surface area contributed by atoms with Crippen LogP contribution in [0.5, 0.6) is 0 Å². The molecule has 0 aromatic carbocycles. The molecule has 0 aliphatic carbocycles. The number of likely N-dealkylation sites (tertiary alicyclic amines) is 1. The van der Waals surface area contributed by atoms with Gasteiger partial charge >= 0.3 is 12.1 Å². The standard InChI is InChI=1S/C20H25F3N4O5S2/c1-12-9-19(4-5-26(12)10-13-11-27(25-24-13)6-8-34(2,30)31)16-14(3-7-32-19)15(18(28)29)17(33-16)20(21,22)23/h11-12H,3-10H2,1-2H3,(H,28,29). The highest BCUT2D eigenvalue weighted by molar-refractivity contribution is 7.90. The van der Waals surface area contributed by atoms with Gasteiger partial charge in [0.15, 0.2) is 0 Å². The summed E-state index contributed by atoms with van der Waals surface area (Å²) in [6.45, 7) is 3.28. The van der Waals surface area contributed by atoms with Gasteiger partial charge in [0.05, 0.1) is 30.2 Å². The topological polar surface area (TPSA) is 115 Å². The third-order valence-electron chi connectivity index (χ3n) is 6.32. The van der Waals surface area contributed by atoms with Crippen LogP contribution in [0.4, 0.5) is 13.2 Å². The molecular weight excluding hydrogens is 497 g/mol. The molecule has 1 N–H and O–H groups in total. The molecule has 188 valence electrons. The van der Waals surface area contributed by atoms with E-state index in [-0.39, 0.29) is 36.9 Å². The number of piperidine rings is 1. The summed E-state index contributed by atoms with van der Waals surface area (Å²) in [5, 5.41) is 17.6. The maximum atomic E-state index is 13.6. The van der Waals surface area contributed by atoms with Crippen LogP contribution in [0.1, 0.15) is 51.1 Å². The third-order valence-corrected chi connectivity index (χ3v) is 8.70. The molecule has 2 aliphatic heterocycles. The molecule has 2 aliphatic rings. The lowest BCUT2D eigenvalue weighted by Gasteiger charge is -2.47. The molecule has 14 heteroatoms. The van der Waals surface area contributed by atoms with Crippen molar-refractivity contribution in [1.82, 2.24) is 19.9 Å². The van der Waals surface area contributed by atoms with E-state index in [4.69, 9.17) is 4.74 Å². The predicted octanol–water partition coefficient (Wildman–Crippen LogP) is 2.55. The number of carboxylic acids is 1. The molecule has 9 nitrogen and oxygen atoms in total. The summed E-state index contributed by atoms with van der Waals surface area (Å²) in [7, 11) is -3.12. The number of carbonyl (C=O) groups is 1. The molecule has 2 atom stereocenters. The van der Waals surface area contributed by atoms with Crippen molar-refractivity contribution in [3.8, 4) is 0 Å². The average molecular weight is 523 g/mol. The van der Waals surface area contributed by atoms with Gasteiger partial charge in [-0.3, -0.25) is 9.58 Å². The van der Waals surface area contributed by atoms with Gasteiger partial charge in [-0.15, -0.1) is 16.4 Å². The largest absolute Gasteiger partial charge is 0.478 e. The second-order valence-electron chi connectivity index (χ2n) is 8.89. The number of halogens is 3. The Morgan fingerprint density at radius 2 is 2.15 bits per heavy atom. The van der Waals surface area contributed by atoms with Gasteiger partial charge in [-0.1, -0.05) is 5.21 Å². The number of carboxylic acid groups (broad SMARTS) is 1. The van der Waals surface area contributed by atoms with Gasteiger partial charge < -0.3 is 9.84 Å². The number of alkyl halides is 3. The average Bonchev–Trinajstić information content (AvgIpc) is 3.33. The molecule has 0 bridgehead atoms. The predicted molar refractivity (Wildman–Crippen MR) is 116 cm³/mol. The fourth-order valence-corrected chi connectivity index (χ4v) is 6.63. The zero-order valence-electron chi connectivity index (χ0n) is 18.6. The maximum absolute atomic E-state index is 13.6. The van der Waals surface area contributed by atoms with E-state index in [1.165, 1.54) is 4.68 Å². The Bertz CT molecular complexity index is 1190. The molecule has 2 aromatic rings. The van der Waals surface area contributed by atoms with Crippen LogP contribution in [-0.4, -0.2) is 70.6 Å². The van der Waals surface area contributed by atoms with Crippen LogP contribution in [0.3, 0.4) is 0 Å². The molecule has 4 heterocycles. The Hall–Kier alpha value is -2.03. The lowest BCUT2D eigenvalue weighted by molar-refractivity contribution is -0.134. The molecule has 2 aromatic heterocycles. The van der Waals surface area contributed by atoms with Crippen molar-refractivity contribution in [1.29, 1.82) is 0 Å². The minimum Gasteiger partial charge on any atom is -0.478 e. The maximum Gasteiger partial charge on any atom is 0.426 e. The quantitative estimate of drug-likeness (QED) is 0.616. The fraction of sp³-hybridized carbons (Fsp3) is 0.650. The zero-order valence-corrected chi connectivity index (χ0v) is 20.3. The molecule has 1 spiro atoms. The van der Waals surface area contributed by atoms with E-state index in [1.54, 1.807) is 6.20 Å². The van der Waals surface area contributed by atoms with Crippen molar-refractivity contribution in [2.24, 2.45) is 0 Å². The summed E-state index contributed by atoms with van der Waals surface area (Å²) in [6.07, 6.45) is -0.931. The van der Waals surface area contributed by atoms with Crippen molar-refractivity contribution >= 4 is 27.1 Å². The highest BCUT2D eigenvalue weighted by Gasteiger charge is 2.49. The first-order valence-corrected chi connectivity index (χ1v) is 13.6. The van der Waals surface area contributed by atoms with Crippen molar-refractivity contribution in [3.63, 3.8) is 0 Å². The second kappa shape index (κ2) is 8.88. The number of rotatable bonds is 6. The Morgan fingerprint density at radius 1 is 1.41 bits per heavy atom. The number of sulfone groups is 1. The fourth-order valence-electron chi connectivity index (χ4n) is 4.72. The van der Waals surface area contributed by atoms with E-state index in [0.29, 0.717) is 47.8 Å². The first-order chi connectivity index (χ1) is 15.8. The number of nitrogens with zero attached hydrogens (tertiary/aromatic N) is 4. The number of hydrogen-bond acceptors (Lipinski definition) is 8. The van der Waals surface area contributed by atoms with E-state index in [0.717, 1.165) is 6.26 Å². The van der Waals surface area contributed by atoms with Crippen LogP contribution in [0.25, 0.3) is 0 Å². The van der Waals surface area contributed by atoms with Gasteiger partial charge in [-0.05, 0) is 31.7 Å². The Morgan fingerprint density at radius 3 is 2.76 bits per heavy atom. The van der Waals surface area contributed by atoms with Crippen molar-refractivity contribution in [2.75, 3.05) is 25.2 Å². The number of hydrogen-bond donors (Lipinski definition) is 1. The first kappa shape index (κ1) is 25.1. The van der Waals surface area contributed by atoms with Crippen molar-refractivity contribution in [2.45, 2.75) is 57.1 Å². The summed E-state index contributed by atoms with van der Waals surface area (Å²) in [4.78, 5) is 13.1. The summed E-state index contributed by atoms with van der Waals surface area (Å²) in [5.41, 5.74) is -0.693. The number of ether oxygens (including phenoxy) is 1. The van der Waals surface area contributed by atoms with Gasteiger partial charge in [0, 0.05) is 36.5 Å². The summed E-state index contributed by atoms with van der Waals surface area (Å²) < 4.78 is 71.0. The van der Waals surface area contributed by atoms with E-state index in [2.05, 4.69) is 15.2 Å². The normalized spacial score (nSPS) is 23.9. The zero-order chi connectivity index (χ0) is 24.9. The summed E-state index contributed by atoms with van der Waals surface area (Å²) in [5.74, 6) is -1.61. The second-order valence-corrected chi connectivity index (χ2v) is 12.2. The van der Waals surface area contributed by atoms with E-state index < -0.39 is 38.0 Å². The number of aromatic nitrogens is 3. The van der Waals surface area contributed by atoms with Gasteiger partial charge in [0.2, 0.25) is 0 Å². The number of aromatic carboxylic acids is 1. The smallest absolute Gasteiger partial charge is 0.426 e. The lowest BCUT2D eigenvalue weighted by Crippen LogP contribution is -2.50. The summed E-state index contributed by atoms with van der Waals surface area (Å²) in [6, 6.07) is -0.0782. The first-order valence-electron chi connectivity index (χ1n) is 10.7. The molecule has 0 saturated carbocycles. The molecule has 0 amide bonds. The Balaban J connectivity index is 1.52. The Kier molecular flexibility index (Phi) is 6.55. The SMILES string of the molecule is CC1CC2(CCN1Cc1cn(CCS(C)(=O)=O)nn1)OCCc1c2sc(C(F)(F)F)c1C(=O)O. The van der Waals surface area contributed by atoms with E-state index in [9.17, 15) is 31.5 Å². The third kappa shape index (κ3) is 4.99. The van der Waals surface area contributed by atoms with Crippen molar-refractivity contribution in [3.05, 3.63) is 32.8 Å². The van der Waals surface area contributed by atoms with Crippen molar-refractivity contribution < 1.29 is 36.2 Å². The van der Waals surface area contributed by atoms with E-state index >= 15 is 0 Å². The lowest BCUT2D eigenvalue weighted by atomic mass is 9.81. The highest BCUT2D eigenvalue weighted by atomic mass is 32.2. The van der Waals surface area contributed by atoms with Crippen LogP contribution in [0.15, 0.2) is 6.20 Å². The molecular formula is C20H25F3N4O5S2. The highest BCUT2D eigenvalue weighted by Crippen LogP contribution is 2.51. The van der Waals surface area contributed by atoms with Gasteiger partial charge in [0.25, 0.3) is 0 Å². The molecule has 4 rings (SSSR count). The molecule has 1 saturated heterocycles. The van der Waals surface area contributed by atoms with Crippen LogP contribution in [-0.2, 0) is 45.9 Å². The van der Waals surface area contributed by atoms with Crippen LogP contribution < -0.4 is 0 Å².